The van der Waals surface area contributed by atoms with Gasteiger partial charge < -0.3 is 19.7 Å². The Hall–Kier alpha value is -0.910. The van der Waals surface area contributed by atoms with Crippen molar-refractivity contribution < 1.29 is 9.84 Å². The maximum atomic E-state index is 9.92. The molecule has 1 aromatic rings. The van der Waals surface area contributed by atoms with Gasteiger partial charge in [0.25, 0.3) is 0 Å². The highest BCUT2D eigenvalue weighted by molar-refractivity contribution is 4.90. The number of nitrogens with zero attached hydrogens (tertiary/aromatic N) is 2. The lowest BCUT2D eigenvalue weighted by molar-refractivity contribution is -0.0279. The molecule has 1 atom stereocenters. The number of imidazole rings is 1. The van der Waals surface area contributed by atoms with Gasteiger partial charge in [0, 0.05) is 26.0 Å². The van der Waals surface area contributed by atoms with Gasteiger partial charge in [0.2, 0.25) is 0 Å². The second-order valence-electron chi connectivity index (χ2n) is 5.95. The number of aliphatic hydroxyl groups is 1. The quantitative estimate of drug-likeness (QED) is 0.794. The third kappa shape index (κ3) is 4.89. The van der Waals surface area contributed by atoms with E-state index in [-0.39, 0.29) is 0 Å². The minimum Gasteiger partial charge on any atom is -0.389 e. The maximum absolute atomic E-state index is 9.92. The predicted molar refractivity (Wildman–Crippen MR) is 78.3 cm³/mol. The molecular formula is C15H27N3O2. The molecule has 0 bridgehead atoms. The monoisotopic (exact) mass is 281 g/mol. The van der Waals surface area contributed by atoms with Crippen LogP contribution < -0.4 is 5.32 Å². The molecule has 1 unspecified atom stereocenters. The van der Waals surface area contributed by atoms with E-state index >= 15 is 0 Å². The lowest BCUT2D eigenvalue weighted by atomic mass is 9.89. The van der Waals surface area contributed by atoms with Crippen LogP contribution >= 0.6 is 0 Å². The summed E-state index contributed by atoms with van der Waals surface area (Å²) in [4.78, 5) is 4.23. The van der Waals surface area contributed by atoms with Crippen molar-refractivity contribution in [2.24, 2.45) is 13.0 Å². The summed E-state index contributed by atoms with van der Waals surface area (Å²) in [6.45, 7) is 3.93. The van der Waals surface area contributed by atoms with Crippen molar-refractivity contribution in [1.29, 1.82) is 0 Å². The van der Waals surface area contributed by atoms with Crippen molar-refractivity contribution in [2.45, 2.75) is 51.4 Å². The van der Waals surface area contributed by atoms with Crippen molar-refractivity contribution in [1.82, 2.24) is 14.9 Å². The van der Waals surface area contributed by atoms with E-state index in [1.807, 2.05) is 17.8 Å². The van der Waals surface area contributed by atoms with Crippen LogP contribution in [0.15, 0.2) is 12.4 Å². The van der Waals surface area contributed by atoms with E-state index in [4.69, 9.17) is 4.74 Å². The Morgan fingerprint density at radius 2 is 2.20 bits per heavy atom. The smallest absolute Gasteiger partial charge is 0.122 e. The first kappa shape index (κ1) is 15.5. The molecule has 20 heavy (non-hydrogen) atoms. The first-order chi connectivity index (χ1) is 9.65. The number of aryl methyl sites for hydroxylation is 1. The first-order valence-corrected chi connectivity index (χ1v) is 7.61. The minimum atomic E-state index is -0.449. The summed E-state index contributed by atoms with van der Waals surface area (Å²) in [6.07, 6.45) is 8.35. The van der Waals surface area contributed by atoms with Gasteiger partial charge in [-0.15, -0.1) is 0 Å². The standard InChI is InChI=1S/C15H27N3O2/c1-12-3-5-14(6-4-12)20-11-13(19)9-16-10-15-17-7-8-18(15)2/h7-8,12-14,16,19H,3-6,9-11H2,1-2H3. The molecule has 0 radical (unpaired) electrons. The van der Waals surface area contributed by atoms with Crippen LogP contribution in [-0.4, -0.2) is 40.0 Å². The number of rotatable bonds is 7. The van der Waals surface area contributed by atoms with E-state index in [0.717, 1.165) is 24.6 Å². The second kappa shape index (κ2) is 7.76. The van der Waals surface area contributed by atoms with E-state index in [0.29, 0.717) is 25.8 Å². The number of nitrogens with one attached hydrogen (secondary N) is 1. The molecular weight excluding hydrogens is 254 g/mol. The molecule has 0 saturated heterocycles. The summed E-state index contributed by atoms with van der Waals surface area (Å²) < 4.78 is 7.77. The summed E-state index contributed by atoms with van der Waals surface area (Å²) >= 11 is 0. The Morgan fingerprint density at radius 3 is 2.85 bits per heavy atom. The highest BCUT2D eigenvalue weighted by Gasteiger charge is 2.19. The second-order valence-corrected chi connectivity index (χ2v) is 5.95. The van der Waals surface area contributed by atoms with Crippen molar-refractivity contribution in [3.05, 3.63) is 18.2 Å². The summed E-state index contributed by atoms with van der Waals surface area (Å²) in [6, 6.07) is 0. The van der Waals surface area contributed by atoms with Gasteiger partial charge in [0.1, 0.15) is 5.82 Å². The minimum absolute atomic E-state index is 0.343. The summed E-state index contributed by atoms with van der Waals surface area (Å²) in [5.74, 6) is 1.80. The molecule has 114 valence electrons. The molecule has 0 spiro atoms. The van der Waals surface area contributed by atoms with E-state index in [1.165, 1.54) is 12.8 Å². The summed E-state index contributed by atoms with van der Waals surface area (Å²) in [5.41, 5.74) is 0. The van der Waals surface area contributed by atoms with Gasteiger partial charge in [-0.1, -0.05) is 6.92 Å². The SMILES string of the molecule is CC1CCC(OCC(O)CNCc2nccn2C)CC1. The van der Waals surface area contributed by atoms with E-state index < -0.39 is 6.10 Å². The molecule has 1 aliphatic carbocycles. The van der Waals surface area contributed by atoms with Crippen molar-refractivity contribution in [2.75, 3.05) is 13.2 Å². The van der Waals surface area contributed by atoms with Gasteiger partial charge >= 0.3 is 0 Å². The number of aromatic nitrogens is 2. The van der Waals surface area contributed by atoms with Gasteiger partial charge in [-0.3, -0.25) is 0 Å². The van der Waals surface area contributed by atoms with Crippen LogP contribution in [0.3, 0.4) is 0 Å². The molecule has 2 rings (SSSR count). The molecule has 2 N–H and O–H groups in total. The van der Waals surface area contributed by atoms with Crippen molar-refractivity contribution in [3.8, 4) is 0 Å². The number of aliphatic hydroxyl groups excluding tert-OH is 1. The lowest BCUT2D eigenvalue weighted by Gasteiger charge is -2.27. The molecule has 0 amide bonds. The third-order valence-electron chi connectivity index (χ3n) is 4.07. The lowest BCUT2D eigenvalue weighted by Crippen LogP contribution is -2.33. The fourth-order valence-electron chi connectivity index (χ4n) is 2.62. The normalized spacial score (nSPS) is 24.8. The Labute approximate surface area is 121 Å². The molecule has 1 aliphatic rings. The Balaban J connectivity index is 1.56. The molecule has 5 heteroatoms. The van der Waals surface area contributed by atoms with Crippen LogP contribution in [0.1, 0.15) is 38.4 Å². The van der Waals surface area contributed by atoms with Crippen LogP contribution in [0.2, 0.25) is 0 Å². The highest BCUT2D eigenvalue weighted by atomic mass is 16.5. The van der Waals surface area contributed by atoms with Crippen LogP contribution in [0.25, 0.3) is 0 Å². The van der Waals surface area contributed by atoms with Gasteiger partial charge in [-0.25, -0.2) is 4.98 Å². The third-order valence-corrected chi connectivity index (χ3v) is 4.07. The van der Waals surface area contributed by atoms with Crippen LogP contribution in [0.4, 0.5) is 0 Å². The average molecular weight is 281 g/mol. The number of ether oxygens (including phenoxy) is 1. The molecule has 1 heterocycles. The fraction of sp³-hybridized carbons (Fsp3) is 0.800. The topological polar surface area (TPSA) is 59.3 Å². The largest absolute Gasteiger partial charge is 0.389 e. The predicted octanol–water partition coefficient (Wildman–Crippen LogP) is 1.47. The van der Waals surface area contributed by atoms with Crippen molar-refractivity contribution in [3.63, 3.8) is 0 Å². The molecule has 1 aromatic heterocycles. The van der Waals surface area contributed by atoms with Gasteiger partial charge in [0.05, 0.1) is 25.4 Å². The fourth-order valence-corrected chi connectivity index (χ4v) is 2.62. The Kier molecular flexibility index (Phi) is 6.01. The summed E-state index contributed by atoms with van der Waals surface area (Å²) in [7, 11) is 1.97. The molecule has 1 saturated carbocycles. The molecule has 0 aliphatic heterocycles. The van der Waals surface area contributed by atoms with E-state index in [9.17, 15) is 5.11 Å². The van der Waals surface area contributed by atoms with E-state index in [1.54, 1.807) is 6.20 Å². The van der Waals surface area contributed by atoms with Crippen LogP contribution in [-0.2, 0) is 18.3 Å². The number of hydrogen-bond donors (Lipinski definition) is 2. The molecule has 5 nitrogen and oxygen atoms in total. The first-order valence-electron chi connectivity index (χ1n) is 7.61. The molecule has 0 aromatic carbocycles. The zero-order valence-electron chi connectivity index (χ0n) is 12.6. The van der Waals surface area contributed by atoms with Gasteiger partial charge in [0.15, 0.2) is 0 Å². The Bertz CT molecular complexity index is 386. The van der Waals surface area contributed by atoms with Gasteiger partial charge in [-0.05, 0) is 31.6 Å². The zero-order valence-corrected chi connectivity index (χ0v) is 12.6. The average Bonchev–Trinajstić information content (AvgIpc) is 2.84. The van der Waals surface area contributed by atoms with Gasteiger partial charge in [-0.2, -0.15) is 0 Å². The molecule has 1 fully saturated rings. The highest BCUT2D eigenvalue weighted by Crippen LogP contribution is 2.25. The van der Waals surface area contributed by atoms with Crippen molar-refractivity contribution >= 4 is 0 Å². The number of hydrogen-bond acceptors (Lipinski definition) is 4. The summed E-state index contributed by atoms with van der Waals surface area (Å²) in [5, 5.41) is 13.1. The van der Waals surface area contributed by atoms with Crippen LogP contribution in [0.5, 0.6) is 0 Å². The van der Waals surface area contributed by atoms with Crippen LogP contribution in [0, 0.1) is 5.92 Å². The Morgan fingerprint density at radius 1 is 1.45 bits per heavy atom. The van der Waals surface area contributed by atoms with E-state index in [2.05, 4.69) is 17.2 Å². The maximum Gasteiger partial charge on any atom is 0.122 e. The zero-order chi connectivity index (χ0) is 14.4.